The van der Waals surface area contributed by atoms with E-state index in [9.17, 15) is 0 Å². The highest BCUT2D eigenvalue weighted by Gasteiger charge is 1.95. The van der Waals surface area contributed by atoms with Crippen LogP contribution < -0.4 is 0 Å². The van der Waals surface area contributed by atoms with Gasteiger partial charge in [0, 0.05) is 0 Å². The van der Waals surface area contributed by atoms with E-state index in [2.05, 4.69) is 62.5 Å². The molecule has 0 aliphatic carbocycles. The summed E-state index contributed by atoms with van der Waals surface area (Å²) >= 11 is 0. The molecule has 0 saturated heterocycles. The minimum atomic E-state index is 1.13. The van der Waals surface area contributed by atoms with E-state index in [0.717, 1.165) is 12.8 Å². The third-order valence-electron chi connectivity index (χ3n) is 7.65. The molecule has 0 bridgehead atoms. The lowest BCUT2D eigenvalue weighted by Crippen LogP contribution is -1.84. The Hall–Kier alpha value is -1.04. The summed E-state index contributed by atoms with van der Waals surface area (Å²) in [6.45, 7) is 4.54. The second-order valence-corrected chi connectivity index (χ2v) is 11.6. The monoisotopic (exact) mass is 527 g/mol. The number of rotatable bonds is 31. The molecule has 38 heavy (non-hydrogen) atoms. The van der Waals surface area contributed by atoms with Crippen LogP contribution in [0, 0.1) is 0 Å². The first-order chi connectivity index (χ1) is 18.9. The van der Waals surface area contributed by atoms with E-state index >= 15 is 0 Å². The first-order valence-electron chi connectivity index (χ1n) is 17.5. The highest BCUT2D eigenvalue weighted by atomic mass is 14.0. The van der Waals surface area contributed by atoms with Crippen LogP contribution in [0.5, 0.6) is 0 Å². The third-order valence-corrected chi connectivity index (χ3v) is 7.65. The summed E-state index contributed by atoms with van der Waals surface area (Å²) in [5.74, 6) is 0. The van der Waals surface area contributed by atoms with Gasteiger partial charge in [0.05, 0.1) is 0 Å². The lowest BCUT2D eigenvalue weighted by atomic mass is 10.0. The second kappa shape index (κ2) is 36.0. The zero-order valence-corrected chi connectivity index (χ0v) is 26.4. The molecule has 0 saturated carbocycles. The van der Waals surface area contributed by atoms with Crippen LogP contribution in [0.1, 0.15) is 194 Å². The zero-order chi connectivity index (χ0) is 27.5. The maximum absolute atomic E-state index is 2.39. The van der Waals surface area contributed by atoms with Gasteiger partial charge in [-0.25, -0.2) is 0 Å². The molecule has 0 atom stereocenters. The fourth-order valence-electron chi connectivity index (χ4n) is 5.04. The molecule has 0 fully saturated rings. The Bertz CT molecular complexity index is 472. The number of allylic oxidation sites excluding steroid dienone is 8. The van der Waals surface area contributed by atoms with Crippen LogP contribution in [-0.4, -0.2) is 0 Å². The predicted octanol–water partition coefficient (Wildman–Crippen LogP) is 14.2. The Morgan fingerprint density at radius 2 is 0.447 bits per heavy atom. The average molecular weight is 527 g/mol. The first-order valence-corrected chi connectivity index (χ1v) is 17.5. The SMILES string of the molecule is CCCCCC=CCC=CCCCCCCCCCCCCCCCCCCC=CCC=CCCCCC. The normalized spacial score (nSPS) is 12.4. The van der Waals surface area contributed by atoms with Crippen molar-refractivity contribution in [3.63, 3.8) is 0 Å². The van der Waals surface area contributed by atoms with Crippen LogP contribution in [-0.2, 0) is 0 Å². The van der Waals surface area contributed by atoms with Gasteiger partial charge >= 0.3 is 0 Å². The molecule has 0 aromatic rings. The summed E-state index contributed by atoms with van der Waals surface area (Å²) in [4.78, 5) is 0. The van der Waals surface area contributed by atoms with Crippen molar-refractivity contribution in [3.05, 3.63) is 48.6 Å². The highest BCUT2D eigenvalue weighted by Crippen LogP contribution is 2.14. The van der Waals surface area contributed by atoms with Gasteiger partial charge in [0.25, 0.3) is 0 Å². The van der Waals surface area contributed by atoms with Gasteiger partial charge in [-0.2, -0.15) is 0 Å². The highest BCUT2D eigenvalue weighted by molar-refractivity contribution is 4.93. The van der Waals surface area contributed by atoms with Gasteiger partial charge in [-0.3, -0.25) is 0 Å². The zero-order valence-electron chi connectivity index (χ0n) is 26.4. The third kappa shape index (κ3) is 35.0. The minimum Gasteiger partial charge on any atom is -0.0882 e. The molecule has 0 aliphatic rings. The Morgan fingerprint density at radius 1 is 0.237 bits per heavy atom. The van der Waals surface area contributed by atoms with Crippen molar-refractivity contribution in [2.75, 3.05) is 0 Å². The quantitative estimate of drug-likeness (QED) is 0.0622. The first kappa shape index (κ1) is 37.0. The van der Waals surface area contributed by atoms with Crippen LogP contribution in [0.25, 0.3) is 0 Å². The van der Waals surface area contributed by atoms with Crippen molar-refractivity contribution >= 4 is 0 Å². The Morgan fingerprint density at radius 3 is 0.684 bits per heavy atom. The van der Waals surface area contributed by atoms with Gasteiger partial charge in [0.15, 0.2) is 0 Å². The van der Waals surface area contributed by atoms with Crippen LogP contribution in [0.2, 0.25) is 0 Å². The topological polar surface area (TPSA) is 0 Å². The van der Waals surface area contributed by atoms with Gasteiger partial charge < -0.3 is 0 Å². The molecule has 0 radical (unpaired) electrons. The average Bonchev–Trinajstić information content (AvgIpc) is 2.93. The Kier molecular flexibility index (Phi) is 35.0. The molecule has 0 aromatic carbocycles. The molecule has 0 N–H and O–H groups in total. The van der Waals surface area contributed by atoms with E-state index in [0.29, 0.717) is 0 Å². The van der Waals surface area contributed by atoms with Crippen LogP contribution in [0.15, 0.2) is 48.6 Å². The smallest absolute Gasteiger partial charge is 0.0169 e. The second-order valence-electron chi connectivity index (χ2n) is 11.6. The van der Waals surface area contributed by atoms with E-state index in [-0.39, 0.29) is 0 Å². The molecule has 0 heterocycles. The molecule has 0 rings (SSSR count). The van der Waals surface area contributed by atoms with Gasteiger partial charge in [0.2, 0.25) is 0 Å². The molecular formula is C38H70. The molecule has 0 amide bonds. The molecule has 0 aliphatic heterocycles. The van der Waals surface area contributed by atoms with E-state index in [1.54, 1.807) is 0 Å². The summed E-state index contributed by atoms with van der Waals surface area (Å²) in [5.41, 5.74) is 0. The standard InChI is InChI=1S/C38H70/c1-3-5-7-9-11-13-15-17-19-21-23-25-27-29-31-33-35-37-38-36-34-32-30-28-26-24-22-20-18-16-14-12-10-8-6-4-2/h11-14,17-20H,3-10,15-16,21-38H2,1-2H3. The van der Waals surface area contributed by atoms with Crippen LogP contribution in [0.4, 0.5) is 0 Å². The Balaban J connectivity index is 3.15. The maximum atomic E-state index is 2.39. The van der Waals surface area contributed by atoms with Gasteiger partial charge in [0.1, 0.15) is 0 Å². The fraction of sp³-hybridized carbons (Fsp3) is 0.789. The summed E-state index contributed by atoms with van der Waals surface area (Å²) in [7, 11) is 0. The molecule has 0 spiro atoms. The number of hydrogen-bond acceptors (Lipinski definition) is 0. The van der Waals surface area contributed by atoms with Gasteiger partial charge in [-0.1, -0.05) is 178 Å². The van der Waals surface area contributed by atoms with Crippen molar-refractivity contribution in [2.45, 2.75) is 194 Å². The summed E-state index contributed by atoms with van der Waals surface area (Å²) in [6, 6.07) is 0. The van der Waals surface area contributed by atoms with Gasteiger partial charge in [-0.05, 0) is 64.2 Å². The lowest BCUT2D eigenvalue weighted by molar-refractivity contribution is 0.528. The van der Waals surface area contributed by atoms with Crippen molar-refractivity contribution in [3.8, 4) is 0 Å². The van der Waals surface area contributed by atoms with Crippen LogP contribution in [0.3, 0.4) is 0 Å². The summed E-state index contributed by atoms with van der Waals surface area (Å²) in [5, 5.41) is 0. The fourth-order valence-corrected chi connectivity index (χ4v) is 5.04. The van der Waals surface area contributed by atoms with Crippen molar-refractivity contribution in [2.24, 2.45) is 0 Å². The van der Waals surface area contributed by atoms with Crippen LogP contribution >= 0.6 is 0 Å². The molecule has 0 unspecified atom stereocenters. The lowest BCUT2D eigenvalue weighted by Gasteiger charge is -2.03. The van der Waals surface area contributed by atoms with Crippen molar-refractivity contribution < 1.29 is 0 Å². The largest absolute Gasteiger partial charge is 0.0882 e. The molecule has 222 valence electrons. The van der Waals surface area contributed by atoms with E-state index in [1.807, 2.05) is 0 Å². The maximum Gasteiger partial charge on any atom is -0.0169 e. The summed E-state index contributed by atoms with van der Waals surface area (Å²) < 4.78 is 0. The molecule has 0 nitrogen and oxygen atoms in total. The van der Waals surface area contributed by atoms with Crippen molar-refractivity contribution in [1.82, 2.24) is 0 Å². The Labute approximate surface area is 241 Å². The molecular weight excluding hydrogens is 456 g/mol. The summed E-state index contributed by atoms with van der Waals surface area (Å²) in [6.07, 6.45) is 57.5. The predicted molar refractivity (Wildman–Crippen MR) is 177 cm³/mol. The number of hydrogen-bond donors (Lipinski definition) is 0. The number of unbranched alkanes of at least 4 members (excludes halogenated alkanes) is 23. The van der Waals surface area contributed by atoms with E-state index in [1.165, 1.54) is 167 Å². The minimum absolute atomic E-state index is 1.13. The van der Waals surface area contributed by atoms with E-state index < -0.39 is 0 Å². The van der Waals surface area contributed by atoms with Crippen molar-refractivity contribution in [1.29, 1.82) is 0 Å². The molecule has 0 aromatic heterocycles. The van der Waals surface area contributed by atoms with Gasteiger partial charge in [-0.15, -0.1) is 0 Å². The molecule has 0 heteroatoms. The van der Waals surface area contributed by atoms with E-state index in [4.69, 9.17) is 0 Å².